The van der Waals surface area contributed by atoms with E-state index in [1.54, 1.807) is 17.8 Å². The van der Waals surface area contributed by atoms with Gasteiger partial charge in [-0.1, -0.05) is 39.5 Å². The number of nitrogens with one attached hydrogen (secondary N) is 1. The lowest BCUT2D eigenvalue weighted by Crippen LogP contribution is -2.44. The van der Waals surface area contributed by atoms with E-state index < -0.39 is 11.9 Å². The predicted molar refractivity (Wildman–Crippen MR) is 87.4 cm³/mol. The van der Waals surface area contributed by atoms with Gasteiger partial charge in [-0.3, -0.25) is 14.3 Å². The molecule has 2 rings (SSSR count). The van der Waals surface area contributed by atoms with Crippen molar-refractivity contribution in [2.75, 3.05) is 0 Å². The summed E-state index contributed by atoms with van der Waals surface area (Å²) < 4.78 is 1.57. The van der Waals surface area contributed by atoms with Crippen molar-refractivity contribution in [1.29, 1.82) is 0 Å². The highest BCUT2D eigenvalue weighted by Gasteiger charge is 2.30. The molecule has 0 aliphatic heterocycles. The third-order valence-corrected chi connectivity index (χ3v) is 4.62. The van der Waals surface area contributed by atoms with Crippen LogP contribution in [0.4, 0.5) is 0 Å². The molecule has 2 unspecified atom stereocenters. The number of nitrogens with zero attached hydrogens (tertiary/aromatic N) is 2. The van der Waals surface area contributed by atoms with Crippen LogP contribution >= 0.6 is 0 Å². The van der Waals surface area contributed by atoms with Crippen LogP contribution in [0.25, 0.3) is 0 Å². The molecule has 0 bridgehead atoms. The monoisotopic (exact) mass is 321 g/mol. The molecular weight excluding hydrogens is 294 g/mol. The molecule has 0 spiro atoms. The lowest BCUT2D eigenvalue weighted by Gasteiger charge is -2.27. The lowest BCUT2D eigenvalue weighted by molar-refractivity contribution is -0.143. The van der Waals surface area contributed by atoms with Gasteiger partial charge >= 0.3 is 5.97 Å². The second kappa shape index (κ2) is 7.62. The fraction of sp³-hybridized carbons (Fsp3) is 0.706. The summed E-state index contributed by atoms with van der Waals surface area (Å²) in [6, 6.07) is 1.48. The van der Waals surface area contributed by atoms with E-state index in [0.29, 0.717) is 12.1 Å². The van der Waals surface area contributed by atoms with Crippen LogP contribution in [0.2, 0.25) is 0 Å². The van der Waals surface area contributed by atoms with Gasteiger partial charge in [0.05, 0.1) is 11.6 Å². The van der Waals surface area contributed by atoms with E-state index in [9.17, 15) is 14.7 Å². The van der Waals surface area contributed by atoms with E-state index >= 15 is 0 Å². The summed E-state index contributed by atoms with van der Waals surface area (Å²) in [4.78, 5) is 24.1. The summed E-state index contributed by atoms with van der Waals surface area (Å²) in [7, 11) is 1.74. The molecule has 1 aliphatic carbocycles. The van der Waals surface area contributed by atoms with Crippen LogP contribution in [-0.4, -0.2) is 32.8 Å². The van der Waals surface area contributed by atoms with Gasteiger partial charge in [-0.25, -0.2) is 0 Å². The Labute approximate surface area is 137 Å². The van der Waals surface area contributed by atoms with Gasteiger partial charge in [0.15, 0.2) is 0 Å². The standard InChI is InChI=1S/C17H27N3O3/c1-11(2)14-10-15(20(3)19-14)16(21)18-13-9-7-5-4-6-8-12(13)17(22)23/h10-13H,4-9H2,1-3H3,(H,18,21)(H,22,23). The van der Waals surface area contributed by atoms with Gasteiger partial charge in [0, 0.05) is 13.1 Å². The summed E-state index contributed by atoms with van der Waals surface area (Å²) in [5, 5.41) is 16.8. The van der Waals surface area contributed by atoms with E-state index in [4.69, 9.17) is 0 Å². The average molecular weight is 321 g/mol. The molecule has 0 aromatic carbocycles. The SMILES string of the molecule is CC(C)c1cc(C(=O)NC2CCCCCCC2C(=O)O)n(C)n1. The number of aliphatic carboxylic acids is 1. The van der Waals surface area contributed by atoms with Gasteiger partial charge < -0.3 is 10.4 Å². The molecular formula is C17H27N3O3. The van der Waals surface area contributed by atoms with Crippen LogP contribution in [-0.2, 0) is 11.8 Å². The minimum absolute atomic E-state index is 0.233. The molecule has 128 valence electrons. The number of carboxylic acid groups (broad SMARTS) is 1. The molecule has 0 radical (unpaired) electrons. The molecule has 1 saturated carbocycles. The minimum Gasteiger partial charge on any atom is -0.481 e. The van der Waals surface area contributed by atoms with Crippen LogP contribution in [0, 0.1) is 5.92 Å². The minimum atomic E-state index is -0.815. The Morgan fingerprint density at radius 3 is 2.48 bits per heavy atom. The maximum absolute atomic E-state index is 12.6. The third kappa shape index (κ3) is 4.33. The first-order valence-electron chi connectivity index (χ1n) is 8.47. The van der Waals surface area contributed by atoms with Gasteiger partial charge in [0.2, 0.25) is 0 Å². The number of hydrogen-bond donors (Lipinski definition) is 2. The zero-order valence-electron chi connectivity index (χ0n) is 14.2. The fourth-order valence-corrected chi connectivity index (χ4v) is 3.18. The zero-order valence-corrected chi connectivity index (χ0v) is 14.2. The molecule has 6 nitrogen and oxygen atoms in total. The number of carbonyl (C=O) groups is 2. The molecule has 6 heteroatoms. The highest BCUT2D eigenvalue weighted by molar-refractivity contribution is 5.93. The molecule has 1 amide bonds. The van der Waals surface area contributed by atoms with Crippen LogP contribution < -0.4 is 5.32 Å². The second-order valence-corrected chi connectivity index (χ2v) is 6.75. The second-order valence-electron chi connectivity index (χ2n) is 6.75. The number of amides is 1. The number of carbonyl (C=O) groups excluding carboxylic acids is 1. The molecule has 1 heterocycles. The van der Waals surface area contributed by atoms with E-state index in [2.05, 4.69) is 10.4 Å². The molecule has 0 saturated heterocycles. The number of aromatic nitrogens is 2. The Morgan fingerprint density at radius 1 is 1.26 bits per heavy atom. The Kier molecular flexibility index (Phi) is 5.80. The normalized spacial score (nSPS) is 22.4. The van der Waals surface area contributed by atoms with Gasteiger partial charge in [-0.15, -0.1) is 0 Å². The summed E-state index contributed by atoms with van der Waals surface area (Å²) in [5.41, 5.74) is 1.35. The number of hydrogen-bond acceptors (Lipinski definition) is 3. The first kappa shape index (κ1) is 17.5. The maximum Gasteiger partial charge on any atom is 0.308 e. The van der Waals surface area contributed by atoms with Crippen LogP contribution in [0.5, 0.6) is 0 Å². The maximum atomic E-state index is 12.6. The van der Waals surface area contributed by atoms with Crippen molar-refractivity contribution in [1.82, 2.24) is 15.1 Å². The lowest BCUT2D eigenvalue weighted by atomic mass is 9.86. The fourth-order valence-electron chi connectivity index (χ4n) is 3.18. The highest BCUT2D eigenvalue weighted by atomic mass is 16.4. The summed E-state index contributed by atoms with van der Waals surface area (Å²) >= 11 is 0. The van der Waals surface area contributed by atoms with E-state index in [1.807, 2.05) is 13.8 Å². The number of aryl methyl sites for hydroxylation is 1. The summed E-state index contributed by atoms with van der Waals surface area (Å²) in [5.74, 6) is -1.30. The molecule has 2 atom stereocenters. The Hall–Kier alpha value is -1.85. The van der Waals surface area contributed by atoms with Crippen molar-refractivity contribution in [3.63, 3.8) is 0 Å². The highest BCUT2D eigenvalue weighted by Crippen LogP contribution is 2.24. The van der Waals surface area contributed by atoms with Crippen molar-refractivity contribution in [2.45, 2.75) is 64.3 Å². The van der Waals surface area contributed by atoms with Crippen LogP contribution in [0.1, 0.15) is 74.5 Å². The third-order valence-electron chi connectivity index (χ3n) is 4.62. The molecule has 23 heavy (non-hydrogen) atoms. The Bertz CT molecular complexity index is 565. The largest absolute Gasteiger partial charge is 0.481 e. The molecule has 1 aromatic rings. The number of carboxylic acids is 1. The Morgan fingerprint density at radius 2 is 1.91 bits per heavy atom. The van der Waals surface area contributed by atoms with Crippen molar-refractivity contribution in [2.24, 2.45) is 13.0 Å². The van der Waals surface area contributed by atoms with Crippen LogP contribution in [0.3, 0.4) is 0 Å². The molecule has 1 aromatic heterocycles. The van der Waals surface area contributed by atoms with E-state index in [0.717, 1.165) is 37.8 Å². The molecule has 1 fully saturated rings. The first-order valence-corrected chi connectivity index (χ1v) is 8.47. The van der Waals surface area contributed by atoms with E-state index in [1.165, 1.54) is 0 Å². The molecule has 1 aliphatic rings. The average Bonchev–Trinajstić information content (AvgIpc) is 2.83. The topological polar surface area (TPSA) is 84.2 Å². The van der Waals surface area contributed by atoms with Crippen molar-refractivity contribution >= 4 is 11.9 Å². The van der Waals surface area contributed by atoms with E-state index in [-0.39, 0.29) is 17.9 Å². The van der Waals surface area contributed by atoms with Gasteiger partial charge in [0.25, 0.3) is 5.91 Å². The Balaban J connectivity index is 2.13. The van der Waals surface area contributed by atoms with Gasteiger partial charge in [-0.05, 0) is 24.8 Å². The van der Waals surface area contributed by atoms with Gasteiger partial charge in [0.1, 0.15) is 5.69 Å². The quantitative estimate of drug-likeness (QED) is 0.893. The summed E-state index contributed by atoms with van der Waals surface area (Å²) in [6.07, 6.45) is 5.39. The number of rotatable bonds is 4. The first-order chi connectivity index (χ1) is 10.9. The van der Waals surface area contributed by atoms with Gasteiger partial charge in [-0.2, -0.15) is 5.10 Å². The zero-order chi connectivity index (χ0) is 17.0. The predicted octanol–water partition coefficient (Wildman–Crippen LogP) is 2.70. The van der Waals surface area contributed by atoms with Crippen molar-refractivity contribution in [3.8, 4) is 0 Å². The smallest absolute Gasteiger partial charge is 0.308 e. The van der Waals surface area contributed by atoms with Crippen LogP contribution in [0.15, 0.2) is 6.07 Å². The molecule has 2 N–H and O–H groups in total. The van der Waals surface area contributed by atoms with Crippen molar-refractivity contribution in [3.05, 3.63) is 17.5 Å². The van der Waals surface area contributed by atoms with Crippen molar-refractivity contribution < 1.29 is 14.7 Å². The summed E-state index contributed by atoms with van der Waals surface area (Å²) in [6.45, 7) is 4.05.